The molecule has 0 spiro atoms. The fraction of sp³-hybridized carbons (Fsp3) is 0.588. The lowest BCUT2D eigenvalue weighted by Gasteiger charge is -2.19. The Morgan fingerprint density at radius 2 is 2.30 bits per heavy atom. The van der Waals surface area contributed by atoms with Gasteiger partial charge in [-0.1, -0.05) is 29.8 Å². The molecule has 1 N–H and O–H groups in total. The first kappa shape index (κ1) is 13.6. The molecular weight excluding hydrogens is 250 g/mol. The van der Waals surface area contributed by atoms with Crippen LogP contribution < -0.4 is 5.32 Å². The molecule has 0 aromatic heterocycles. The van der Waals surface area contributed by atoms with Gasteiger partial charge in [-0.2, -0.15) is 0 Å². The van der Waals surface area contributed by atoms with Crippen LogP contribution in [0.15, 0.2) is 24.3 Å². The van der Waals surface area contributed by atoms with Crippen LogP contribution in [-0.4, -0.2) is 24.7 Å². The van der Waals surface area contributed by atoms with Gasteiger partial charge < -0.3 is 10.1 Å². The molecule has 1 amide bonds. The Hall–Kier alpha value is -1.35. The van der Waals surface area contributed by atoms with E-state index in [9.17, 15) is 4.79 Å². The number of hydrogen-bond acceptors (Lipinski definition) is 2. The summed E-state index contributed by atoms with van der Waals surface area (Å²) in [5.41, 5.74) is 2.64. The van der Waals surface area contributed by atoms with E-state index < -0.39 is 0 Å². The van der Waals surface area contributed by atoms with E-state index in [0.29, 0.717) is 12.3 Å². The van der Waals surface area contributed by atoms with Gasteiger partial charge >= 0.3 is 0 Å². The molecule has 1 aromatic rings. The summed E-state index contributed by atoms with van der Waals surface area (Å²) in [6.45, 7) is 3.67. The fourth-order valence-electron chi connectivity index (χ4n) is 3.06. The molecule has 0 unspecified atom stereocenters. The largest absolute Gasteiger partial charge is 0.381 e. The molecule has 0 radical (unpaired) electrons. The van der Waals surface area contributed by atoms with Crippen molar-refractivity contribution < 1.29 is 9.53 Å². The highest BCUT2D eigenvalue weighted by atomic mass is 16.5. The maximum Gasteiger partial charge on any atom is 0.220 e. The lowest BCUT2D eigenvalue weighted by molar-refractivity contribution is -0.123. The Balaban J connectivity index is 1.54. The van der Waals surface area contributed by atoms with E-state index in [1.807, 2.05) is 0 Å². The van der Waals surface area contributed by atoms with E-state index in [-0.39, 0.29) is 11.4 Å². The van der Waals surface area contributed by atoms with Gasteiger partial charge in [-0.3, -0.25) is 4.79 Å². The van der Waals surface area contributed by atoms with Crippen molar-refractivity contribution >= 4 is 5.91 Å². The summed E-state index contributed by atoms with van der Waals surface area (Å²) < 4.78 is 5.33. The third-order valence-electron chi connectivity index (χ3n) is 4.38. The first-order chi connectivity index (χ1) is 9.65. The molecule has 2 aliphatic rings. The molecule has 3 heteroatoms. The molecule has 108 valence electrons. The van der Waals surface area contributed by atoms with Crippen molar-refractivity contribution in [1.29, 1.82) is 0 Å². The highest BCUT2D eigenvalue weighted by Gasteiger charge is 2.44. The molecule has 1 saturated carbocycles. The summed E-state index contributed by atoms with van der Waals surface area (Å²) in [5, 5.41) is 3.27. The monoisotopic (exact) mass is 273 g/mol. The maximum atomic E-state index is 12.1. The van der Waals surface area contributed by atoms with Crippen molar-refractivity contribution in [1.82, 2.24) is 5.32 Å². The van der Waals surface area contributed by atoms with Gasteiger partial charge in [-0.15, -0.1) is 0 Å². The summed E-state index contributed by atoms with van der Waals surface area (Å²) >= 11 is 0. The SMILES string of the molecule is Cc1cccc(CC2(NC(=O)C[C@@H]3CCOC3)CC2)c1. The second kappa shape index (κ2) is 5.57. The third kappa shape index (κ3) is 3.40. The average molecular weight is 273 g/mol. The highest BCUT2D eigenvalue weighted by Crippen LogP contribution is 2.39. The van der Waals surface area contributed by atoms with Crippen molar-refractivity contribution in [3.8, 4) is 0 Å². The van der Waals surface area contributed by atoms with Crippen LogP contribution in [0.1, 0.15) is 36.8 Å². The van der Waals surface area contributed by atoms with E-state index in [0.717, 1.165) is 38.9 Å². The predicted molar refractivity (Wildman–Crippen MR) is 78.5 cm³/mol. The number of amides is 1. The predicted octanol–water partition coefficient (Wildman–Crippen LogP) is 2.61. The van der Waals surface area contributed by atoms with Gasteiger partial charge in [0.2, 0.25) is 5.91 Å². The van der Waals surface area contributed by atoms with Crippen LogP contribution >= 0.6 is 0 Å². The van der Waals surface area contributed by atoms with Gasteiger partial charge in [-0.25, -0.2) is 0 Å². The summed E-state index contributed by atoms with van der Waals surface area (Å²) in [6, 6.07) is 8.58. The first-order valence-electron chi connectivity index (χ1n) is 7.60. The molecule has 1 saturated heterocycles. The Labute approximate surface area is 120 Å². The number of carbonyl (C=O) groups excluding carboxylic acids is 1. The molecule has 1 heterocycles. The number of ether oxygens (including phenoxy) is 1. The highest BCUT2D eigenvalue weighted by molar-refractivity contribution is 5.77. The molecule has 1 atom stereocenters. The Kier molecular flexibility index (Phi) is 3.79. The van der Waals surface area contributed by atoms with E-state index in [2.05, 4.69) is 36.5 Å². The Morgan fingerprint density at radius 3 is 2.95 bits per heavy atom. The van der Waals surface area contributed by atoms with Crippen LogP contribution in [0.25, 0.3) is 0 Å². The maximum absolute atomic E-state index is 12.1. The molecule has 3 nitrogen and oxygen atoms in total. The standard InChI is InChI=1S/C17H23NO2/c1-13-3-2-4-14(9-13)11-17(6-7-17)18-16(19)10-15-5-8-20-12-15/h2-4,9,15H,5-8,10-12H2,1H3,(H,18,19)/t15-/m0/s1. The number of nitrogens with one attached hydrogen (secondary N) is 1. The van der Waals surface area contributed by atoms with Crippen LogP contribution in [0.5, 0.6) is 0 Å². The number of carbonyl (C=O) groups is 1. The number of rotatable bonds is 5. The molecule has 20 heavy (non-hydrogen) atoms. The zero-order chi connectivity index (χ0) is 14.0. The molecule has 0 bridgehead atoms. The van der Waals surface area contributed by atoms with Crippen molar-refractivity contribution in [2.24, 2.45) is 5.92 Å². The number of benzene rings is 1. The minimum Gasteiger partial charge on any atom is -0.381 e. The fourth-order valence-corrected chi connectivity index (χ4v) is 3.06. The normalized spacial score (nSPS) is 23.6. The van der Waals surface area contributed by atoms with E-state index in [1.54, 1.807) is 0 Å². The average Bonchev–Trinajstić information content (AvgIpc) is 2.94. The lowest BCUT2D eigenvalue weighted by Crippen LogP contribution is -2.39. The first-order valence-corrected chi connectivity index (χ1v) is 7.60. The van der Waals surface area contributed by atoms with Crippen LogP contribution in [0.4, 0.5) is 0 Å². The van der Waals surface area contributed by atoms with Crippen molar-refractivity contribution in [2.75, 3.05) is 13.2 Å². The molecule has 3 rings (SSSR count). The molecular formula is C17H23NO2. The van der Waals surface area contributed by atoms with Gasteiger partial charge in [0.25, 0.3) is 0 Å². The minimum atomic E-state index is 0.0321. The van der Waals surface area contributed by atoms with Gasteiger partial charge in [0, 0.05) is 25.2 Å². The van der Waals surface area contributed by atoms with Crippen LogP contribution in [-0.2, 0) is 16.0 Å². The van der Waals surface area contributed by atoms with Crippen LogP contribution in [0.3, 0.4) is 0 Å². The smallest absolute Gasteiger partial charge is 0.220 e. The van der Waals surface area contributed by atoms with Crippen molar-refractivity contribution in [3.63, 3.8) is 0 Å². The topological polar surface area (TPSA) is 38.3 Å². The van der Waals surface area contributed by atoms with Gasteiger partial charge in [0.1, 0.15) is 0 Å². The molecule has 1 aliphatic heterocycles. The van der Waals surface area contributed by atoms with Crippen molar-refractivity contribution in [2.45, 2.75) is 44.6 Å². The molecule has 1 aliphatic carbocycles. The van der Waals surface area contributed by atoms with E-state index in [1.165, 1.54) is 11.1 Å². The summed E-state index contributed by atoms with van der Waals surface area (Å²) in [4.78, 5) is 12.1. The summed E-state index contributed by atoms with van der Waals surface area (Å²) in [5.74, 6) is 0.621. The molecule has 2 fully saturated rings. The van der Waals surface area contributed by atoms with Crippen molar-refractivity contribution in [3.05, 3.63) is 35.4 Å². The summed E-state index contributed by atoms with van der Waals surface area (Å²) in [6.07, 6.45) is 4.82. The zero-order valence-corrected chi connectivity index (χ0v) is 12.2. The van der Waals surface area contributed by atoms with Gasteiger partial charge in [0.05, 0.1) is 0 Å². The Bertz CT molecular complexity index is 488. The number of aryl methyl sites for hydroxylation is 1. The lowest BCUT2D eigenvalue weighted by atomic mass is 10.0. The van der Waals surface area contributed by atoms with Gasteiger partial charge in [-0.05, 0) is 44.1 Å². The van der Waals surface area contributed by atoms with Crippen LogP contribution in [0, 0.1) is 12.8 Å². The molecule has 1 aromatic carbocycles. The second-order valence-electron chi connectivity index (χ2n) is 6.43. The Morgan fingerprint density at radius 1 is 1.45 bits per heavy atom. The van der Waals surface area contributed by atoms with Crippen LogP contribution in [0.2, 0.25) is 0 Å². The second-order valence-corrected chi connectivity index (χ2v) is 6.43. The van der Waals surface area contributed by atoms with E-state index in [4.69, 9.17) is 4.74 Å². The quantitative estimate of drug-likeness (QED) is 0.895. The third-order valence-corrected chi connectivity index (χ3v) is 4.38. The zero-order valence-electron chi connectivity index (χ0n) is 12.2. The summed E-state index contributed by atoms with van der Waals surface area (Å²) in [7, 11) is 0. The minimum absolute atomic E-state index is 0.0321. The van der Waals surface area contributed by atoms with Gasteiger partial charge in [0.15, 0.2) is 0 Å². The number of hydrogen-bond donors (Lipinski definition) is 1. The van der Waals surface area contributed by atoms with E-state index >= 15 is 0 Å².